The highest BCUT2D eigenvalue weighted by molar-refractivity contribution is 5.43. The van der Waals surface area contributed by atoms with Crippen molar-refractivity contribution in [3.8, 4) is 11.5 Å². The molecule has 4 nitrogen and oxygen atoms in total. The van der Waals surface area contributed by atoms with Crippen LogP contribution < -0.4 is 0 Å². The molecule has 2 atom stereocenters. The summed E-state index contributed by atoms with van der Waals surface area (Å²) in [6.45, 7) is 6.00. The molecule has 26 heavy (non-hydrogen) atoms. The number of hydrogen-bond acceptors (Lipinski definition) is 4. The summed E-state index contributed by atoms with van der Waals surface area (Å²) in [7, 11) is 0. The number of aromatic hydroxyl groups is 2. The molecule has 1 aromatic rings. The van der Waals surface area contributed by atoms with Gasteiger partial charge in [0.2, 0.25) is 0 Å². The molecule has 0 aromatic heterocycles. The fourth-order valence-corrected chi connectivity index (χ4v) is 4.47. The first-order valence-electron chi connectivity index (χ1n) is 9.46. The summed E-state index contributed by atoms with van der Waals surface area (Å²) in [5, 5.41) is 39.5. The summed E-state index contributed by atoms with van der Waals surface area (Å²) < 4.78 is 0. The summed E-state index contributed by atoms with van der Waals surface area (Å²) in [5.41, 5.74) is -0.279. The fourth-order valence-electron chi connectivity index (χ4n) is 4.47. The van der Waals surface area contributed by atoms with Gasteiger partial charge in [-0.05, 0) is 79.7 Å². The molecule has 2 unspecified atom stereocenters. The van der Waals surface area contributed by atoms with E-state index in [1.165, 1.54) is 0 Å². The SMILES string of the molecule is CC1(O)C=CC(C2CCC(C(C)(C)c3ccc(O)c(O)c3)CC2)C=C1O. The molecule has 0 bridgehead atoms. The van der Waals surface area contributed by atoms with Crippen LogP contribution in [0.2, 0.25) is 0 Å². The van der Waals surface area contributed by atoms with Crippen molar-refractivity contribution in [1.29, 1.82) is 0 Å². The standard InChI is InChI=1S/C22H30O4/c1-21(2,17-8-9-18(23)19(24)13-17)16-6-4-14(5-7-16)15-10-11-22(3,26)20(25)12-15/h8-16,23-26H,4-7H2,1-3H3. The number of aliphatic hydroxyl groups excluding tert-OH is 1. The van der Waals surface area contributed by atoms with Gasteiger partial charge < -0.3 is 20.4 Å². The van der Waals surface area contributed by atoms with Crippen molar-refractivity contribution in [2.24, 2.45) is 17.8 Å². The van der Waals surface area contributed by atoms with E-state index in [1.807, 2.05) is 12.1 Å². The smallest absolute Gasteiger partial charge is 0.157 e. The largest absolute Gasteiger partial charge is 0.509 e. The van der Waals surface area contributed by atoms with Gasteiger partial charge in [-0.3, -0.25) is 0 Å². The van der Waals surface area contributed by atoms with Crippen molar-refractivity contribution in [1.82, 2.24) is 0 Å². The second-order valence-electron chi connectivity index (χ2n) is 8.67. The highest BCUT2D eigenvalue weighted by Gasteiger charge is 2.37. The summed E-state index contributed by atoms with van der Waals surface area (Å²) in [6, 6.07) is 5.13. The van der Waals surface area contributed by atoms with Crippen LogP contribution in [0.25, 0.3) is 0 Å². The molecule has 0 spiro atoms. The average Bonchev–Trinajstić information content (AvgIpc) is 2.60. The van der Waals surface area contributed by atoms with Crippen molar-refractivity contribution in [2.45, 2.75) is 57.5 Å². The van der Waals surface area contributed by atoms with Gasteiger partial charge in [0.1, 0.15) is 11.4 Å². The Balaban J connectivity index is 1.67. The van der Waals surface area contributed by atoms with Gasteiger partial charge >= 0.3 is 0 Å². The lowest BCUT2D eigenvalue weighted by molar-refractivity contribution is 0.0904. The van der Waals surface area contributed by atoms with Gasteiger partial charge in [0.25, 0.3) is 0 Å². The minimum atomic E-state index is -1.24. The third kappa shape index (κ3) is 3.48. The Morgan fingerprint density at radius 3 is 2.23 bits per heavy atom. The molecule has 1 aromatic carbocycles. The van der Waals surface area contributed by atoms with E-state index in [0.29, 0.717) is 11.8 Å². The summed E-state index contributed by atoms with van der Waals surface area (Å²) >= 11 is 0. The van der Waals surface area contributed by atoms with Crippen molar-refractivity contribution in [3.05, 3.63) is 47.7 Å². The van der Waals surface area contributed by atoms with Crippen LogP contribution in [0.5, 0.6) is 11.5 Å². The monoisotopic (exact) mass is 358 g/mol. The van der Waals surface area contributed by atoms with Crippen molar-refractivity contribution >= 4 is 0 Å². The molecule has 2 aliphatic carbocycles. The van der Waals surface area contributed by atoms with E-state index in [1.54, 1.807) is 31.2 Å². The Morgan fingerprint density at radius 1 is 1.00 bits per heavy atom. The quantitative estimate of drug-likeness (QED) is 0.472. The van der Waals surface area contributed by atoms with Gasteiger partial charge in [0, 0.05) is 5.92 Å². The first kappa shape index (κ1) is 18.8. The Labute approximate surface area is 155 Å². The fraction of sp³-hybridized carbons (Fsp3) is 0.545. The van der Waals surface area contributed by atoms with E-state index in [4.69, 9.17) is 0 Å². The molecule has 0 heterocycles. The molecule has 0 radical (unpaired) electrons. The second kappa shape index (κ2) is 6.66. The molecule has 142 valence electrons. The molecule has 0 aliphatic heterocycles. The number of hydrogen-bond donors (Lipinski definition) is 4. The van der Waals surface area contributed by atoms with Crippen LogP contribution in [0.4, 0.5) is 0 Å². The van der Waals surface area contributed by atoms with Gasteiger partial charge in [-0.15, -0.1) is 0 Å². The topological polar surface area (TPSA) is 80.9 Å². The molecule has 3 rings (SSSR count). The highest BCUT2D eigenvalue weighted by Crippen LogP contribution is 2.46. The molecular weight excluding hydrogens is 328 g/mol. The third-order valence-corrected chi connectivity index (χ3v) is 6.57. The van der Waals surface area contributed by atoms with Gasteiger partial charge in [-0.1, -0.05) is 26.0 Å². The zero-order valence-electron chi connectivity index (χ0n) is 15.8. The lowest BCUT2D eigenvalue weighted by Crippen LogP contribution is -2.34. The summed E-state index contributed by atoms with van der Waals surface area (Å²) in [5.74, 6) is 1.05. The molecule has 0 saturated heterocycles. The number of rotatable bonds is 3. The maximum atomic E-state index is 10.0. The number of aliphatic hydroxyl groups is 2. The zero-order valence-corrected chi connectivity index (χ0v) is 15.8. The van der Waals surface area contributed by atoms with Crippen LogP contribution in [0.1, 0.15) is 52.0 Å². The number of allylic oxidation sites excluding steroid dienone is 2. The van der Waals surface area contributed by atoms with Crippen LogP contribution in [0, 0.1) is 17.8 Å². The second-order valence-corrected chi connectivity index (χ2v) is 8.67. The van der Waals surface area contributed by atoms with Crippen LogP contribution in [0.15, 0.2) is 42.2 Å². The van der Waals surface area contributed by atoms with E-state index < -0.39 is 5.60 Å². The lowest BCUT2D eigenvalue weighted by atomic mass is 9.64. The molecule has 1 saturated carbocycles. The molecule has 4 N–H and O–H groups in total. The van der Waals surface area contributed by atoms with Crippen LogP contribution >= 0.6 is 0 Å². The van der Waals surface area contributed by atoms with Crippen LogP contribution in [-0.2, 0) is 5.41 Å². The van der Waals surface area contributed by atoms with Crippen molar-refractivity contribution < 1.29 is 20.4 Å². The molecule has 0 amide bonds. The Hall–Kier alpha value is -1.94. The first-order chi connectivity index (χ1) is 12.1. The van der Waals surface area contributed by atoms with Gasteiger partial charge in [-0.2, -0.15) is 0 Å². The van der Waals surface area contributed by atoms with Gasteiger partial charge in [-0.25, -0.2) is 0 Å². The van der Waals surface area contributed by atoms with Crippen molar-refractivity contribution in [3.63, 3.8) is 0 Å². The summed E-state index contributed by atoms with van der Waals surface area (Å²) in [4.78, 5) is 0. The highest BCUT2D eigenvalue weighted by atomic mass is 16.3. The lowest BCUT2D eigenvalue weighted by Gasteiger charge is -2.41. The average molecular weight is 358 g/mol. The first-order valence-corrected chi connectivity index (χ1v) is 9.46. The molecule has 4 heteroatoms. The number of phenols is 2. The number of phenolic OH excluding ortho intramolecular Hbond substituents is 2. The van der Waals surface area contributed by atoms with E-state index in [0.717, 1.165) is 31.2 Å². The van der Waals surface area contributed by atoms with Gasteiger partial charge in [0.05, 0.1) is 0 Å². The van der Waals surface area contributed by atoms with Crippen LogP contribution in [0.3, 0.4) is 0 Å². The predicted molar refractivity (Wildman–Crippen MR) is 102 cm³/mol. The normalized spacial score (nSPS) is 32.3. The van der Waals surface area contributed by atoms with E-state index in [2.05, 4.69) is 13.8 Å². The molecule has 2 aliphatic rings. The van der Waals surface area contributed by atoms with Crippen molar-refractivity contribution in [2.75, 3.05) is 0 Å². The predicted octanol–water partition coefficient (Wildman–Crippen LogP) is 4.56. The van der Waals surface area contributed by atoms with E-state index in [-0.39, 0.29) is 28.6 Å². The zero-order chi connectivity index (χ0) is 19.1. The van der Waals surface area contributed by atoms with E-state index in [9.17, 15) is 20.4 Å². The minimum Gasteiger partial charge on any atom is -0.509 e. The van der Waals surface area contributed by atoms with Crippen LogP contribution in [-0.4, -0.2) is 26.0 Å². The van der Waals surface area contributed by atoms with E-state index >= 15 is 0 Å². The Morgan fingerprint density at radius 2 is 1.65 bits per heavy atom. The molecular formula is C22H30O4. The maximum Gasteiger partial charge on any atom is 0.157 e. The molecule has 1 fully saturated rings. The van der Waals surface area contributed by atoms with Gasteiger partial charge in [0.15, 0.2) is 11.5 Å². The minimum absolute atomic E-state index is 0.0482. The Kier molecular flexibility index (Phi) is 4.82. The Bertz CT molecular complexity index is 722. The maximum absolute atomic E-state index is 10.0. The third-order valence-electron chi connectivity index (χ3n) is 6.57. The number of benzene rings is 1. The summed E-state index contributed by atoms with van der Waals surface area (Å²) in [6.07, 6.45) is 9.81.